The minimum absolute atomic E-state index is 0.164. The van der Waals surface area contributed by atoms with Gasteiger partial charge in [-0.25, -0.2) is 4.68 Å². The maximum Gasteiger partial charge on any atom is 0.280 e. The van der Waals surface area contributed by atoms with E-state index in [1.807, 2.05) is 19.1 Å². The fraction of sp³-hybridized carbons (Fsp3) is 0.125. The Morgan fingerprint density at radius 3 is 2.95 bits per heavy atom. The third kappa shape index (κ3) is 2.89. The standard InChI is InChI=1S/C16H14ClN3O2/c1-11-15(10-18-9-14-6-3-7-22-14)16(21)20(19-11)13-5-2-4-12(17)8-13/h2-8,10,19H,9H2,1H3. The molecule has 0 amide bonds. The van der Waals surface area contributed by atoms with Crippen LogP contribution in [-0.4, -0.2) is 16.0 Å². The molecule has 5 nitrogen and oxygen atoms in total. The van der Waals surface area contributed by atoms with Gasteiger partial charge in [0.2, 0.25) is 0 Å². The fourth-order valence-electron chi connectivity index (χ4n) is 2.14. The van der Waals surface area contributed by atoms with Gasteiger partial charge in [0.15, 0.2) is 0 Å². The molecule has 0 saturated carbocycles. The normalized spacial score (nSPS) is 11.4. The first-order chi connectivity index (χ1) is 10.6. The number of hydrogen-bond donors (Lipinski definition) is 1. The lowest BCUT2D eigenvalue weighted by atomic mass is 10.3. The molecule has 112 valence electrons. The number of nitrogens with one attached hydrogen (secondary N) is 1. The van der Waals surface area contributed by atoms with E-state index in [4.69, 9.17) is 16.0 Å². The van der Waals surface area contributed by atoms with Crippen molar-refractivity contribution in [2.24, 2.45) is 4.99 Å². The lowest BCUT2D eigenvalue weighted by molar-refractivity contribution is 0.513. The van der Waals surface area contributed by atoms with E-state index in [9.17, 15) is 4.79 Å². The van der Waals surface area contributed by atoms with Crippen molar-refractivity contribution in [2.45, 2.75) is 13.5 Å². The summed E-state index contributed by atoms with van der Waals surface area (Å²) in [6.07, 6.45) is 3.16. The van der Waals surface area contributed by atoms with E-state index in [1.165, 1.54) is 4.68 Å². The number of rotatable bonds is 4. The average Bonchev–Trinajstić information content (AvgIpc) is 3.10. The second-order valence-corrected chi connectivity index (χ2v) is 5.26. The van der Waals surface area contributed by atoms with Crippen LogP contribution >= 0.6 is 11.6 Å². The summed E-state index contributed by atoms with van der Waals surface area (Å²) in [4.78, 5) is 16.7. The van der Waals surface area contributed by atoms with E-state index >= 15 is 0 Å². The number of aliphatic imine (C=N–C) groups is 1. The number of nitrogens with zero attached hydrogens (tertiary/aromatic N) is 2. The van der Waals surface area contributed by atoms with Crippen molar-refractivity contribution in [2.75, 3.05) is 0 Å². The number of aromatic amines is 1. The highest BCUT2D eigenvalue weighted by Crippen LogP contribution is 2.13. The van der Waals surface area contributed by atoms with Crippen LogP contribution in [0.4, 0.5) is 0 Å². The van der Waals surface area contributed by atoms with Crippen molar-refractivity contribution in [3.63, 3.8) is 0 Å². The summed E-state index contributed by atoms with van der Waals surface area (Å²) in [5, 5.41) is 3.60. The van der Waals surface area contributed by atoms with Gasteiger partial charge in [-0.1, -0.05) is 17.7 Å². The lowest BCUT2D eigenvalue weighted by Crippen LogP contribution is -2.17. The molecular formula is C16H14ClN3O2. The molecule has 6 heteroatoms. The Bertz CT molecular complexity index is 860. The molecule has 2 heterocycles. The van der Waals surface area contributed by atoms with Crippen LogP contribution in [0.5, 0.6) is 0 Å². The molecule has 0 unspecified atom stereocenters. The number of halogens is 1. The molecule has 0 radical (unpaired) electrons. The zero-order valence-electron chi connectivity index (χ0n) is 11.9. The van der Waals surface area contributed by atoms with Crippen molar-refractivity contribution in [1.29, 1.82) is 0 Å². The van der Waals surface area contributed by atoms with Gasteiger partial charge in [-0.2, -0.15) is 0 Å². The van der Waals surface area contributed by atoms with Crippen molar-refractivity contribution in [3.05, 3.63) is 75.1 Å². The first-order valence-electron chi connectivity index (χ1n) is 6.75. The highest BCUT2D eigenvalue weighted by Gasteiger charge is 2.10. The van der Waals surface area contributed by atoms with E-state index < -0.39 is 0 Å². The maximum absolute atomic E-state index is 12.5. The van der Waals surface area contributed by atoms with Crippen molar-refractivity contribution in [1.82, 2.24) is 9.78 Å². The molecule has 1 aromatic carbocycles. The number of aryl methyl sites for hydroxylation is 1. The van der Waals surface area contributed by atoms with Crippen LogP contribution in [0.2, 0.25) is 5.02 Å². The summed E-state index contributed by atoms with van der Waals surface area (Å²) in [7, 11) is 0. The van der Waals surface area contributed by atoms with Crippen LogP contribution in [0.15, 0.2) is 56.9 Å². The topological polar surface area (TPSA) is 63.3 Å². The van der Waals surface area contributed by atoms with E-state index in [2.05, 4.69) is 10.1 Å². The second-order valence-electron chi connectivity index (χ2n) is 4.82. The van der Waals surface area contributed by atoms with Gasteiger partial charge >= 0.3 is 0 Å². The Kier molecular flexibility index (Phi) is 3.98. The molecule has 0 aliphatic rings. The smallest absolute Gasteiger partial charge is 0.280 e. The number of furan rings is 1. The molecule has 22 heavy (non-hydrogen) atoms. The van der Waals surface area contributed by atoms with Gasteiger partial charge in [-0.05, 0) is 37.3 Å². The predicted octanol–water partition coefficient (Wildman–Crippen LogP) is 3.34. The van der Waals surface area contributed by atoms with Crippen molar-refractivity contribution in [3.8, 4) is 5.69 Å². The van der Waals surface area contributed by atoms with Crippen LogP contribution < -0.4 is 5.56 Å². The van der Waals surface area contributed by atoms with Crippen molar-refractivity contribution >= 4 is 17.8 Å². The number of H-pyrrole nitrogens is 1. The first-order valence-corrected chi connectivity index (χ1v) is 7.13. The minimum atomic E-state index is -0.164. The molecule has 3 rings (SSSR count). The third-order valence-electron chi connectivity index (χ3n) is 3.23. The maximum atomic E-state index is 12.5. The van der Waals surface area contributed by atoms with Gasteiger partial charge in [-0.3, -0.25) is 14.9 Å². The minimum Gasteiger partial charge on any atom is -0.467 e. The van der Waals surface area contributed by atoms with Gasteiger partial charge in [0.1, 0.15) is 5.76 Å². The molecule has 0 aliphatic carbocycles. The molecule has 2 aromatic heterocycles. The Labute approximate surface area is 131 Å². The average molecular weight is 316 g/mol. The highest BCUT2D eigenvalue weighted by atomic mass is 35.5. The molecule has 1 N–H and O–H groups in total. The van der Waals surface area contributed by atoms with Crippen LogP contribution in [0.3, 0.4) is 0 Å². The first kappa shape index (κ1) is 14.4. The summed E-state index contributed by atoms with van der Waals surface area (Å²) < 4.78 is 6.65. The predicted molar refractivity (Wildman–Crippen MR) is 86.1 cm³/mol. The Balaban J connectivity index is 1.90. The Morgan fingerprint density at radius 2 is 2.23 bits per heavy atom. The molecule has 0 fully saturated rings. The van der Waals surface area contributed by atoms with Gasteiger partial charge in [0, 0.05) is 16.9 Å². The van der Waals surface area contributed by atoms with E-state index in [-0.39, 0.29) is 5.56 Å². The van der Waals surface area contributed by atoms with Gasteiger partial charge in [0.25, 0.3) is 5.56 Å². The molecule has 0 atom stereocenters. The zero-order valence-corrected chi connectivity index (χ0v) is 12.7. The monoisotopic (exact) mass is 315 g/mol. The number of aromatic nitrogens is 2. The largest absolute Gasteiger partial charge is 0.467 e. The summed E-state index contributed by atoms with van der Waals surface area (Å²) in [5.41, 5.74) is 1.79. The van der Waals surface area contributed by atoms with Crippen LogP contribution in [-0.2, 0) is 6.54 Å². The van der Waals surface area contributed by atoms with E-state index in [0.717, 1.165) is 11.5 Å². The second kappa shape index (κ2) is 6.07. The molecule has 0 bridgehead atoms. The van der Waals surface area contributed by atoms with Gasteiger partial charge in [0.05, 0.1) is 24.1 Å². The summed E-state index contributed by atoms with van der Waals surface area (Å²) in [6, 6.07) is 10.7. The zero-order chi connectivity index (χ0) is 15.5. The summed E-state index contributed by atoms with van der Waals surface area (Å²) in [6.45, 7) is 2.23. The Morgan fingerprint density at radius 1 is 1.36 bits per heavy atom. The molecular weight excluding hydrogens is 302 g/mol. The molecule has 0 spiro atoms. The molecule has 0 saturated heterocycles. The summed E-state index contributed by atoms with van der Waals surface area (Å²) in [5.74, 6) is 0.750. The summed E-state index contributed by atoms with van der Waals surface area (Å²) >= 11 is 5.97. The van der Waals surface area contributed by atoms with Crippen LogP contribution in [0.25, 0.3) is 5.69 Å². The van der Waals surface area contributed by atoms with Crippen LogP contribution in [0, 0.1) is 6.92 Å². The number of hydrogen-bond acceptors (Lipinski definition) is 3. The SMILES string of the molecule is Cc1[nH]n(-c2cccc(Cl)c2)c(=O)c1C=NCc1ccco1. The molecule has 0 aliphatic heterocycles. The Hall–Kier alpha value is -2.53. The van der Waals surface area contributed by atoms with Crippen LogP contribution in [0.1, 0.15) is 17.0 Å². The van der Waals surface area contributed by atoms with E-state index in [1.54, 1.807) is 36.7 Å². The number of benzene rings is 1. The van der Waals surface area contributed by atoms with E-state index in [0.29, 0.717) is 22.8 Å². The van der Waals surface area contributed by atoms with Gasteiger partial charge < -0.3 is 4.42 Å². The lowest BCUT2D eigenvalue weighted by Gasteiger charge is -2.01. The van der Waals surface area contributed by atoms with Gasteiger partial charge in [-0.15, -0.1) is 0 Å². The van der Waals surface area contributed by atoms with Crippen molar-refractivity contribution < 1.29 is 4.42 Å². The fourth-order valence-corrected chi connectivity index (χ4v) is 2.32. The third-order valence-corrected chi connectivity index (χ3v) is 3.47. The highest BCUT2D eigenvalue weighted by molar-refractivity contribution is 6.30. The molecule has 3 aromatic rings. The quantitative estimate of drug-likeness (QED) is 0.750.